The minimum Gasteiger partial charge on any atom is -0.294 e. The second-order valence-electron chi connectivity index (χ2n) is 11.6. The lowest BCUT2D eigenvalue weighted by Crippen LogP contribution is -1.99. The van der Waals surface area contributed by atoms with E-state index in [-0.39, 0.29) is 0 Å². The summed E-state index contributed by atoms with van der Waals surface area (Å²) in [4.78, 5) is 19.5. The minimum absolute atomic E-state index is 0.819. The number of rotatable bonds is 3. The molecule has 6 aromatic heterocycles. The van der Waals surface area contributed by atoms with Crippen molar-refractivity contribution in [2.75, 3.05) is 0 Å². The number of fused-ring (bicyclic) bond motifs is 9. The third-order valence-corrected chi connectivity index (χ3v) is 9.05. The van der Waals surface area contributed by atoms with E-state index < -0.39 is 0 Å². The Morgan fingerprint density at radius 1 is 0.413 bits per heavy atom. The standard InChI is InChI=1S/C40H24N6/c1-2-8-29(9-3-1)45-34-17-14-27(23-32(34)30-10-5-21-42-39(30)45)28-15-18-35-33(24-28)31-11-6-22-43-40(31)46(35)36-19-16-26-13-12-25-7-4-20-41-37(25)38(26)44-36/h1-24H. The van der Waals surface area contributed by atoms with Gasteiger partial charge in [0, 0.05) is 56.6 Å². The van der Waals surface area contributed by atoms with Gasteiger partial charge in [-0.2, -0.15) is 0 Å². The first-order valence-corrected chi connectivity index (χ1v) is 15.3. The Balaban J connectivity index is 1.18. The van der Waals surface area contributed by atoms with Gasteiger partial charge >= 0.3 is 0 Å². The van der Waals surface area contributed by atoms with Crippen molar-refractivity contribution >= 4 is 65.7 Å². The lowest BCUT2D eigenvalue weighted by atomic mass is 10.0. The van der Waals surface area contributed by atoms with Crippen LogP contribution in [0.15, 0.2) is 146 Å². The first-order chi connectivity index (χ1) is 22.8. The molecule has 0 atom stereocenters. The molecule has 0 aliphatic heterocycles. The summed E-state index contributed by atoms with van der Waals surface area (Å²) >= 11 is 0. The maximum atomic E-state index is 5.17. The summed E-state index contributed by atoms with van der Waals surface area (Å²) in [6.45, 7) is 0. The fraction of sp³-hybridized carbons (Fsp3) is 0. The fourth-order valence-electron chi connectivity index (χ4n) is 6.96. The van der Waals surface area contributed by atoms with Crippen LogP contribution in [0.2, 0.25) is 0 Å². The van der Waals surface area contributed by atoms with Crippen molar-refractivity contribution in [2.24, 2.45) is 0 Å². The van der Waals surface area contributed by atoms with Crippen LogP contribution in [-0.4, -0.2) is 29.1 Å². The Bertz CT molecular complexity index is 2810. The molecule has 0 unspecified atom stereocenters. The van der Waals surface area contributed by atoms with Crippen LogP contribution >= 0.6 is 0 Å². The number of nitrogens with zero attached hydrogens (tertiary/aromatic N) is 6. The summed E-state index contributed by atoms with van der Waals surface area (Å²) in [6, 6.07) is 44.6. The number of pyridine rings is 4. The van der Waals surface area contributed by atoms with Crippen LogP contribution in [0.5, 0.6) is 0 Å². The Morgan fingerprint density at radius 3 is 1.72 bits per heavy atom. The highest BCUT2D eigenvalue weighted by Gasteiger charge is 2.18. The van der Waals surface area contributed by atoms with E-state index in [0.717, 1.165) is 82.9 Å². The molecular weight excluding hydrogens is 564 g/mol. The molecule has 0 N–H and O–H groups in total. The highest BCUT2D eigenvalue weighted by atomic mass is 15.1. The second kappa shape index (κ2) is 9.55. The number of benzene rings is 4. The quantitative estimate of drug-likeness (QED) is 0.193. The van der Waals surface area contributed by atoms with E-state index >= 15 is 0 Å². The highest BCUT2D eigenvalue weighted by Crippen LogP contribution is 2.37. The Kier molecular flexibility index (Phi) is 5.19. The van der Waals surface area contributed by atoms with Gasteiger partial charge in [0.15, 0.2) is 0 Å². The van der Waals surface area contributed by atoms with Gasteiger partial charge in [-0.05, 0) is 90.0 Å². The maximum absolute atomic E-state index is 5.17. The van der Waals surface area contributed by atoms with Gasteiger partial charge in [-0.15, -0.1) is 0 Å². The zero-order valence-corrected chi connectivity index (χ0v) is 24.5. The van der Waals surface area contributed by atoms with Gasteiger partial charge in [-0.3, -0.25) is 14.1 Å². The van der Waals surface area contributed by atoms with Crippen LogP contribution in [0, 0.1) is 0 Å². The van der Waals surface area contributed by atoms with Gasteiger partial charge in [0.05, 0.1) is 22.1 Å². The molecule has 10 rings (SSSR count). The number of hydrogen-bond acceptors (Lipinski definition) is 4. The highest BCUT2D eigenvalue weighted by molar-refractivity contribution is 6.11. The van der Waals surface area contributed by atoms with Crippen molar-refractivity contribution in [1.29, 1.82) is 0 Å². The molecule has 6 nitrogen and oxygen atoms in total. The van der Waals surface area contributed by atoms with Crippen LogP contribution in [0.3, 0.4) is 0 Å². The summed E-state index contributed by atoms with van der Waals surface area (Å²) < 4.78 is 4.41. The largest absolute Gasteiger partial charge is 0.294 e. The molecule has 6 heterocycles. The molecule has 0 aliphatic rings. The Labute approximate surface area is 262 Å². The van der Waals surface area contributed by atoms with Crippen LogP contribution in [0.25, 0.3) is 88.3 Å². The van der Waals surface area contributed by atoms with Gasteiger partial charge in [-0.1, -0.05) is 48.5 Å². The average molecular weight is 589 g/mol. The number of aromatic nitrogens is 6. The van der Waals surface area contributed by atoms with E-state index in [4.69, 9.17) is 15.0 Å². The number of para-hydroxylation sites is 1. The van der Waals surface area contributed by atoms with Gasteiger partial charge < -0.3 is 0 Å². The van der Waals surface area contributed by atoms with Crippen LogP contribution in [0.4, 0.5) is 0 Å². The number of hydrogen-bond donors (Lipinski definition) is 0. The average Bonchev–Trinajstić information content (AvgIpc) is 3.64. The van der Waals surface area contributed by atoms with Gasteiger partial charge in [0.1, 0.15) is 17.1 Å². The molecule has 6 heteroatoms. The van der Waals surface area contributed by atoms with Gasteiger partial charge in [0.25, 0.3) is 0 Å². The van der Waals surface area contributed by atoms with Gasteiger partial charge in [-0.25, -0.2) is 15.0 Å². The van der Waals surface area contributed by atoms with E-state index in [1.165, 1.54) is 5.39 Å². The lowest BCUT2D eigenvalue weighted by molar-refractivity contribution is 1.07. The topological polar surface area (TPSA) is 61.4 Å². The molecule has 46 heavy (non-hydrogen) atoms. The summed E-state index contributed by atoms with van der Waals surface area (Å²) in [7, 11) is 0. The predicted octanol–water partition coefficient (Wildman–Crippen LogP) is 9.43. The monoisotopic (exact) mass is 588 g/mol. The SMILES string of the molecule is c1ccc(-n2c3ccc(-c4ccc5c(c4)c4cccnc4n5-c4ccc5ccc6cccnc6c5n4)cc3c3cccnc32)cc1. The lowest BCUT2D eigenvalue weighted by Gasteiger charge is -2.09. The maximum Gasteiger partial charge on any atom is 0.146 e. The molecule has 0 saturated carbocycles. The Morgan fingerprint density at radius 2 is 1.00 bits per heavy atom. The van der Waals surface area contributed by atoms with Crippen molar-refractivity contribution < 1.29 is 0 Å². The molecule has 0 amide bonds. The van der Waals surface area contributed by atoms with Crippen molar-refractivity contribution in [3.63, 3.8) is 0 Å². The molecular formula is C40H24N6. The first kappa shape index (κ1) is 25.0. The van der Waals surface area contributed by atoms with E-state index in [0.29, 0.717) is 0 Å². The van der Waals surface area contributed by atoms with Crippen molar-refractivity contribution in [1.82, 2.24) is 29.1 Å². The van der Waals surface area contributed by atoms with E-state index in [1.54, 1.807) is 0 Å². The van der Waals surface area contributed by atoms with E-state index in [1.807, 2.05) is 42.9 Å². The molecule has 0 fully saturated rings. The van der Waals surface area contributed by atoms with E-state index in [2.05, 4.69) is 117 Å². The van der Waals surface area contributed by atoms with Gasteiger partial charge in [0.2, 0.25) is 0 Å². The smallest absolute Gasteiger partial charge is 0.146 e. The molecule has 0 aliphatic carbocycles. The normalized spacial score (nSPS) is 11.9. The van der Waals surface area contributed by atoms with Crippen LogP contribution in [-0.2, 0) is 0 Å². The molecule has 10 aromatic rings. The van der Waals surface area contributed by atoms with Crippen molar-refractivity contribution in [2.45, 2.75) is 0 Å². The van der Waals surface area contributed by atoms with Crippen molar-refractivity contribution in [3.05, 3.63) is 146 Å². The molecule has 214 valence electrons. The fourth-order valence-corrected chi connectivity index (χ4v) is 6.96. The van der Waals surface area contributed by atoms with Crippen LogP contribution in [0.1, 0.15) is 0 Å². The minimum atomic E-state index is 0.819. The van der Waals surface area contributed by atoms with Crippen molar-refractivity contribution in [3.8, 4) is 22.6 Å². The predicted molar refractivity (Wildman–Crippen MR) is 187 cm³/mol. The summed E-state index contributed by atoms with van der Waals surface area (Å²) in [6.07, 6.45) is 5.54. The second-order valence-corrected chi connectivity index (χ2v) is 11.6. The third kappa shape index (κ3) is 3.58. The Hall–Kier alpha value is -6.40. The molecule has 0 bridgehead atoms. The molecule has 4 aromatic carbocycles. The molecule has 0 spiro atoms. The molecule has 0 saturated heterocycles. The summed E-state index contributed by atoms with van der Waals surface area (Å²) in [5, 5.41) is 6.66. The molecule has 0 radical (unpaired) electrons. The third-order valence-electron chi connectivity index (χ3n) is 9.05. The van der Waals surface area contributed by atoms with Crippen LogP contribution < -0.4 is 0 Å². The van der Waals surface area contributed by atoms with E-state index in [9.17, 15) is 0 Å². The zero-order valence-electron chi connectivity index (χ0n) is 24.5. The zero-order chi connectivity index (χ0) is 30.2. The summed E-state index contributed by atoms with van der Waals surface area (Å²) in [5.74, 6) is 0.819. The summed E-state index contributed by atoms with van der Waals surface area (Å²) in [5.41, 5.74) is 9.20. The first-order valence-electron chi connectivity index (χ1n) is 15.3.